The molecule has 172 valence electrons. The zero-order valence-electron chi connectivity index (χ0n) is 19.6. The molecule has 7 heteroatoms. The summed E-state index contributed by atoms with van der Waals surface area (Å²) in [5.41, 5.74) is -2.77. The monoisotopic (exact) mass is 434 g/mol. The van der Waals surface area contributed by atoms with Gasteiger partial charge in [-0.3, -0.25) is 14.4 Å². The van der Waals surface area contributed by atoms with Gasteiger partial charge in [-0.2, -0.15) is 0 Å². The van der Waals surface area contributed by atoms with Gasteiger partial charge in [-0.15, -0.1) is 0 Å². The van der Waals surface area contributed by atoms with Crippen LogP contribution in [0.25, 0.3) is 0 Å². The summed E-state index contributed by atoms with van der Waals surface area (Å²) in [5, 5.41) is 11.1. The predicted molar refractivity (Wildman–Crippen MR) is 115 cm³/mol. The Balaban J connectivity index is 2.63. The zero-order chi connectivity index (χ0) is 23.8. The van der Waals surface area contributed by atoms with Crippen molar-refractivity contribution in [2.24, 2.45) is 11.8 Å². The van der Waals surface area contributed by atoms with Gasteiger partial charge in [0, 0.05) is 12.3 Å². The number of ketones is 1. The average molecular weight is 435 g/mol. The molecule has 2 rings (SSSR count). The van der Waals surface area contributed by atoms with Crippen LogP contribution in [-0.4, -0.2) is 46.7 Å². The second-order valence-corrected chi connectivity index (χ2v) is 10.3. The second kappa shape index (κ2) is 8.61. The minimum atomic E-state index is -1.69. The van der Waals surface area contributed by atoms with Gasteiger partial charge in [-0.25, -0.2) is 0 Å². The van der Waals surface area contributed by atoms with Crippen molar-refractivity contribution in [3.8, 4) is 5.75 Å². The van der Waals surface area contributed by atoms with E-state index in [4.69, 9.17) is 14.2 Å². The van der Waals surface area contributed by atoms with Crippen LogP contribution in [0.3, 0.4) is 0 Å². The molecule has 1 saturated carbocycles. The molecule has 31 heavy (non-hydrogen) atoms. The molecule has 0 unspecified atom stereocenters. The Morgan fingerprint density at radius 1 is 0.968 bits per heavy atom. The van der Waals surface area contributed by atoms with Crippen LogP contribution < -0.4 is 4.74 Å². The fourth-order valence-electron chi connectivity index (χ4n) is 3.97. The molecule has 1 aliphatic carbocycles. The van der Waals surface area contributed by atoms with E-state index in [-0.39, 0.29) is 6.42 Å². The molecule has 4 atom stereocenters. The predicted octanol–water partition coefficient (Wildman–Crippen LogP) is 3.42. The quantitative estimate of drug-likeness (QED) is 0.573. The Morgan fingerprint density at radius 3 is 1.90 bits per heavy atom. The van der Waals surface area contributed by atoms with E-state index in [9.17, 15) is 19.5 Å². The van der Waals surface area contributed by atoms with Gasteiger partial charge in [0.2, 0.25) is 0 Å². The molecule has 1 aromatic carbocycles. The summed E-state index contributed by atoms with van der Waals surface area (Å²) >= 11 is 0. The van der Waals surface area contributed by atoms with Gasteiger partial charge >= 0.3 is 11.9 Å². The number of carbonyl (C=O) groups excluding carboxylic acids is 3. The summed E-state index contributed by atoms with van der Waals surface area (Å²) in [6, 6.07) is 6.74. The molecule has 0 radical (unpaired) electrons. The minimum Gasteiger partial charge on any atom is -0.497 e. The van der Waals surface area contributed by atoms with E-state index in [0.29, 0.717) is 11.3 Å². The summed E-state index contributed by atoms with van der Waals surface area (Å²) in [6.07, 6.45) is -0.354. The molecule has 0 aromatic heterocycles. The Bertz CT molecular complexity index is 825. The number of hydrogen-bond acceptors (Lipinski definition) is 7. The number of methoxy groups -OCH3 is 1. The standard InChI is InChI=1S/C24H34O7/c1-22(2,3)30-20(26)18-16(25)13-24(7,28)19(21(27)31-23(4,5)6)17(18)14-9-11-15(29-8)12-10-14/h9-12,17-19,28H,13H2,1-8H3/t17-,18-,19-,24+/m1/s1. The maximum Gasteiger partial charge on any atom is 0.317 e. The minimum absolute atomic E-state index is 0.354. The van der Waals surface area contributed by atoms with Crippen LogP contribution >= 0.6 is 0 Å². The summed E-state index contributed by atoms with van der Waals surface area (Å²) in [7, 11) is 1.52. The normalized spacial score (nSPS) is 26.9. The molecular weight excluding hydrogens is 400 g/mol. The van der Waals surface area contributed by atoms with E-state index >= 15 is 0 Å². The van der Waals surface area contributed by atoms with E-state index in [2.05, 4.69) is 0 Å². The molecule has 1 aliphatic rings. The maximum atomic E-state index is 13.2. The largest absolute Gasteiger partial charge is 0.497 e. The fraction of sp³-hybridized carbons (Fsp3) is 0.625. The third-order valence-electron chi connectivity index (χ3n) is 5.09. The van der Waals surface area contributed by atoms with Crippen LogP contribution in [0.15, 0.2) is 24.3 Å². The first-order chi connectivity index (χ1) is 14.1. The van der Waals surface area contributed by atoms with E-state index in [0.717, 1.165) is 0 Å². The van der Waals surface area contributed by atoms with Crippen molar-refractivity contribution in [1.29, 1.82) is 0 Å². The van der Waals surface area contributed by atoms with Crippen LogP contribution in [0.1, 0.15) is 66.4 Å². The van der Waals surface area contributed by atoms with E-state index in [1.807, 2.05) is 0 Å². The van der Waals surface area contributed by atoms with Crippen molar-refractivity contribution in [1.82, 2.24) is 0 Å². The lowest BCUT2D eigenvalue weighted by Gasteiger charge is -2.44. The third-order valence-corrected chi connectivity index (χ3v) is 5.09. The SMILES string of the molecule is COc1ccc([C@@H]2[C@H](C(=O)OC(C)(C)C)C(=O)C[C@](C)(O)[C@H]2C(=O)OC(C)(C)C)cc1. The molecule has 0 bridgehead atoms. The van der Waals surface area contributed by atoms with Crippen LogP contribution in [0.4, 0.5) is 0 Å². The van der Waals surface area contributed by atoms with Crippen molar-refractivity contribution in [2.45, 2.75) is 77.6 Å². The van der Waals surface area contributed by atoms with E-state index < -0.39 is 52.3 Å². The number of Topliss-reactive ketones (excluding diaryl/α,β-unsaturated/α-hetero) is 1. The lowest BCUT2D eigenvalue weighted by Crippen LogP contribution is -2.56. The summed E-state index contributed by atoms with van der Waals surface area (Å²) in [5.74, 6) is -4.62. The first-order valence-electron chi connectivity index (χ1n) is 10.4. The number of benzene rings is 1. The van der Waals surface area contributed by atoms with Crippen LogP contribution in [0.5, 0.6) is 5.75 Å². The van der Waals surface area contributed by atoms with Crippen molar-refractivity contribution in [3.63, 3.8) is 0 Å². The molecule has 0 heterocycles. The van der Waals surface area contributed by atoms with Crippen molar-refractivity contribution >= 4 is 17.7 Å². The molecule has 0 amide bonds. The Kier molecular flexibility index (Phi) is 6.91. The number of ether oxygens (including phenoxy) is 3. The molecule has 0 spiro atoms. The van der Waals surface area contributed by atoms with Gasteiger partial charge in [0.1, 0.15) is 22.9 Å². The van der Waals surface area contributed by atoms with E-state index in [1.54, 1.807) is 65.8 Å². The molecule has 1 aromatic rings. The van der Waals surface area contributed by atoms with Crippen molar-refractivity contribution in [2.75, 3.05) is 7.11 Å². The number of esters is 2. The topological polar surface area (TPSA) is 99.1 Å². The number of aliphatic hydroxyl groups is 1. The van der Waals surface area contributed by atoms with Crippen LogP contribution in [-0.2, 0) is 23.9 Å². The molecule has 7 nitrogen and oxygen atoms in total. The fourth-order valence-corrected chi connectivity index (χ4v) is 3.97. The molecule has 0 aliphatic heterocycles. The molecular formula is C24H34O7. The lowest BCUT2D eigenvalue weighted by molar-refractivity contribution is -0.182. The van der Waals surface area contributed by atoms with Crippen LogP contribution in [0, 0.1) is 11.8 Å². The summed E-state index contributed by atoms with van der Waals surface area (Å²) in [4.78, 5) is 39.4. The first-order valence-corrected chi connectivity index (χ1v) is 10.4. The number of rotatable bonds is 4. The lowest BCUT2D eigenvalue weighted by atomic mass is 9.61. The highest BCUT2D eigenvalue weighted by Gasteiger charge is 2.57. The maximum absolute atomic E-state index is 13.2. The van der Waals surface area contributed by atoms with Crippen molar-refractivity contribution < 1.29 is 33.7 Å². The third kappa shape index (κ3) is 6.06. The van der Waals surface area contributed by atoms with Gasteiger partial charge in [-0.05, 0) is 66.2 Å². The summed E-state index contributed by atoms with van der Waals surface area (Å²) < 4.78 is 16.3. The van der Waals surface area contributed by atoms with Gasteiger partial charge in [0.05, 0.1) is 18.6 Å². The smallest absolute Gasteiger partial charge is 0.317 e. The molecule has 1 fully saturated rings. The highest BCUT2D eigenvalue weighted by atomic mass is 16.6. The number of carbonyl (C=O) groups is 3. The first kappa shape index (κ1) is 24.9. The van der Waals surface area contributed by atoms with Gasteiger partial charge in [0.15, 0.2) is 5.78 Å². The summed E-state index contributed by atoms with van der Waals surface area (Å²) in [6.45, 7) is 11.7. The number of hydrogen-bond donors (Lipinski definition) is 1. The van der Waals surface area contributed by atoms with Gasteiger partial charge in [0.25, 0.3) is 0 Å². The molecule has 1 N–H and O–H groups in total. The van der Waals surface area contributed by atoms with Crippen LogP contribution in [0.2, 0.25) is 0 Å². The Labute approximate surface area is 184 Å². The second-order valence-electron chi connectivity index (χ2n) is 10.3. The average Bonchev–Trinajstić information content (AvgIpc) is 2.56. The van der Waals surface area contributed by atoms with Crippen molar-refractivity contribution in [3.05, 3.63) is 29.8 Å². The Morgan fingerprint density at radius 2 is 1.45 bits per heavy atom. The van der Waals surface area contributed by atoms with Gasteiger partial charge < -0.3 is 19.3 Å². The highest BCUT2D eigenvalue weighted by Crippen LogP contribution is 2.47. The van der Waals surface area contributed by atoms with E-state index in [1.165, 1.54) is 14.0 Å². The zero-order valence-corrected chi connectivity index (χ0v) is 19.6. The van der Waals surface area contributed by atoms with Gasteiger partial charge in [-0.1, -0.05) is 12.1 Å². The highest BCUT2D eigenvalue weighted by molar-refractivity contribution is 6.03. The molecule has 0 saturated heterocycles. The Hall–Kier alpha value is -2.41.